The van der Waals surface area contributed by atoms with Crippen molar-refractivity contribution in [2.45, 2.75) is 25.4 Å². The molecule has 0 aromatic carbocycles. The summed E-state index contributed by atoms with van der Waals surface area (Å²) in [6, 6.07) is 0. The molecule has 0 aromatic heterocycles. The number of hydrogen-bond donors (Lipinski definition) is 1. The number of allylic oxidation sites excluding steroid dienone is 1. The molecule has 4 nitrogen and oxygen atoms in total. The monoisotopic (exact) mass is 213 g/mol. The molecule has 0 amide bonds. The van der Waals surface area contributed by atoms with Crippen molar-refractivity contribution in [1.82, 2.24) is 4.90 Å². The van der Waals surface area contributed by atoms with Gasteiger partial charge in [-0.15, -0.1) is 6.58 Å². The largest absolute Gasteiger partial charge is 0.480 e. The van der Waals surface area contributed by atoms with Crippen LogP contribution in [-0.4, -0.2) is 47.8 Å². The smallest absolute Gasteiger partial charge is 0.329 e. The molecule has 0 atom stereocenters. The summed E-state index contributed by atoms with van der Waals surface area (Å²) in [4.78, 5) is 12.6. The van der Waals surface area contributed by atoms with Crippen LogP contribution in [0.1, 0.15) is 19.8 Å². The Labute approximate surface area is 90.5 Å². The third-order valence-corrected chi connectivity index (χ3v) is 2.54. The Morgan fingerprint density at radius 2 is 2.33 bits per heavy atom. The van der Waals surface area contributed by atoms with Gasteiger partial charge in [0.05, 0.1) is 5.60 Å². The van der Waals surface area contributed by atoms with Gasteiger partial charge in [0.1, 0.15) is 6.61 Å². The predicted octanol–water partition coefficient (Wildman–Crippen LogP) is 1.13. The SMILES string of the molecule is C=CCCCN1CC(C)(OCC(=O)O)C1. The maximum atomic E-state index is 10.3. The molecular weight excluding hydrogens is 194 g/mol. The van der Waals surface area contributed by atoms with E-state index in [-0.39, 0.29) is 12.2 Å². The lowest BCUT2D eigenvalue weighted by Crippen LogP contribution is -2.61. The van der Waals surface area contributed by atoms with Crippen LogP contribution in [0.15, 0.2) is 12.7 Å². The van der Waals surface area contributed by atoms with E-state index in [0.717, 1.165) is 32.5 Å². The van der Waals surface area contributed by atoms with Crippen molar-refractivity contribution in [3.05, 3.63) is 12.7 Å². The average molecular weight is 213 g/mol. The second kappa shape index (κ2) is 5.28. The van der Waals surface area contributed by atoms with Crippen LogP contribution in [0.5, 0.6) is 0 Å². The van der Waals surface area contributed by atoms with Gasteiger partial charge in [-0.05, 0) is 26.3 Å². The number of nitrogens with zero attached hydrogens (tertiary/aromatic N) is 1. The molecule has 1 aliphatic heterocycles. The topological polar surface area (TPSA) is 49.8 Å². The molecule has 1 heterocycles. The molecule has 0 saturated carbocycles. The number of carboxylic acid groups (broad SMARTS) is 1. The zero-order valence-corrected chi connectivity index (χ0v) is 9.24. The number of aliphatic carboxylic acids is 1. The number of likely N-dealkylation sites (tertiary alicyclic amines) is 1. The summed E-state index contributed by atoms with van der Waals surface area (Å²) < 4.78 is 5.30. The molecule has 0 aliphatic carbocycles. The number of hydrogen-bond acceptors (Lipinski definition) is 3. The van der Waals surface area contributed by atoms with E-state index in [4.69, 9.17) is 9.84 Å². The Morgan fingerprint density at radius 3 is 2.87 bits per heavy atom. The minimum absolute atomic E-state index is 0.197. The summed E-state index contributed by atoms with van der Waals surface area (Å²) in [7, 11) is 0. The van der Waals surface area contributed by atoms with E-state index in [1.165, 1.54) is 0 Å². The van der Waals surface area contributed by atoms with Crippen molar-refractivity contribution in [1.29, 1.82) is 0 Å². The number of rotatable bonds is 7. The van der Waals surface area contributed by atoms with Crippen LogP contribution in [0, 0.1) is 0 Å². The third-order valence-electron chi connectivity index (χ3n) is 2.54. The van der Waals surface area contributed by atoms with Gasteiger partial charge < -0.3 is 9.84 Å². The zero-order valence-electron chi connectivity index (χ0n) is 9.24. The molecule has 1 N–H and O–H groups in total. The summed E-state index contributed by atoms with van der Waals surface area (Å²) in [5, 5.41) is 8.49. The first kappa shape index (κ1) is 12.2. The fourth-order valence-electron chi connectivity index (χ4n) is 1.84. The Balaban J connectivity index is 2.11. The molecule has 1 aliphatic rings. The van der Waals surface area contributed by atoms with Gasteiger partial charge in [0.2, 0.25) is 0 Å². The van der Waals surface area contributed by atoms with Crippen molar-refractivity contribution in [3.8, 4) is 0 Å². The van der Waals surface area contributed by atoms with Gasteiger partial charge in [-0.1, -0.05) is 6.08 Å². The lowest BCUT2D eigenvalue weighted by atomic mass is 9.96. The molecular formula is C11H19NO3. The maximum Gasteiger partial charge on any atom is 0.329 e. The van der Waals surface area contributed by atoms with Crippen molar-refractivity contribution in [3.63, 3.8) is 0 Å². The maximum absolute atomic E-state index is 10.3. The summed E-state index contributed by atoms with van der Waals surface area (Å²) >= 11 is 0. The minimum atomic E-state index is -0.902. The van der Waals surface area contributed by atoms with Gasteiger partial charge in [0, 0.05) is 13.1 Å². The number of carbonyl (C=O) groups is 1. The third kappa shape index (κ3) is 4.01. The molecule has 0 aromatic rings. The number of ether oxygens (including phenoxy) is 1. The van der Waals surface area contributed by atoms with E-state index in [2.05, 4.69) is 11.5 Å². The summed E-state index contributed by atoms with van der Waals surface area (Å²) in [6.45, 7) is 8.13. The van der Waals surface area contributed by atoms with Gasteiger partial charge in [-0.2, -0.15) is 0 Å². The normalized spacial score (nSPS) is 19.5. The van der Waals surface area contributed by atoms with Gasteiger partial charge in [0.15, 0.2) is 0 Å². The van der Waals surface area contributed by atoms with E-state index < -0.39 is 5.97 Å². The van der Waals surface area contributed by atoms with Crippen LogP contribution < -0.4 is 0 Å². The summed E-state index contributed by atoms with van der Waals surface area (Å²) in [6.07, 6.45) is 4.06. The van der Waals surface area contributed by atoms with Crippen LogP contribution in [-0.2, 0) is 9.53 Å². The molecule has 0 bridgehead atoms. The van der Waals surface area contributed by atoms with Crippen molar-refractivity contribution in [2.75, 3.05) is 26.2 Å². The van der Waals surface area contributed by atoms with Gasteiger partial charge >= 0.3 is 5.97 Å². The summed E-state index contributed by atoms with van der Waals surface area (Å²) in [5.74, 6) is -0.902. The van der Waals surface area contributed by atoms with Crippen LogP contribution in [0.4, 0.5) is 0 Å². The molecule has 0 spiro atoms. The lowest BCUT2D eigenvalue weighted by molar-refractivity contribution is -0.164. The van der Waals surface area contributed by atoms with Crippen LogP contribution >= 0.6 is 0 Å². The molecule has 15 heavy (non-hydrogen) atoms. The first-order valence-corrected chi connectivity index (χ1v) is 5.25. The van der Waals surface area contributed by atoms with E-state index in [9.17, 15) is 4.79 Å². The van der Waals surface area contributed by atoms with Gasteiger partial charge in [-0.25, -0.2) is 4.79 Å². The van der Waals surface area contributed by atoms with Crippen molar-refractivity contribution in [2.24, 2.45) is 0 Å². The first-order chi connectivity index (χ1) is 7.06. The second-order valence-corrected chi connectivity index (χ2v) is 4.27. The highest BCUT2D eigenvalue weighted by Gasteiger charge is 2.39. The molecule has 1 saturated heterocycles. The molecule has 0 unspecified atom stereocenters. The summed E-state index contributed by atoms with van der Waals surface area (Å²) in [5.41, 5.74) is -0.257. The predicted molar refractivity (Wildman–Crippen MR) is 57.9 cm³/mol. The van der Waals surface area contributed by atoms with Crippen LogP contribution in [0.2, 0.25) is 0 Å². The molecule has 4 heteroatoms. The Kier molecular flexibility index (Phi) is 4.29. The van der Waals surface area contributed by atoms with Crippen LogP contribution in [0.25, 0.3) is 0 Å². The Bertz CT molecular complexity index is 234. The highest BCUT2D eigenvalue weighted by molar-refractivity contribution is 5.68. The van der Waals surface area contributed by atoms with Crippen molar-refractivity contribution < 1.29 is 14.6 Å². The second-order valence-electron chi connectivity index (χ2n) is 4.27. The fraction of sp³-hybridized carbons (Fsp3) is 0.727. The first-order valence-electron chi connectivity index (χ1n) is 5.25. The minimum Gasteiger partial charge on any atom is -0.480 e. The molecule has 86 valence electrons. The number of unbranched alkanes of at least 4 members (excludes halogenated alkanes) is 1. The average Bonchev–Trinajstić information content (AvgIpc) is 2.12. The highest BCUT2D eigenvalue weighted by Crippen LogP contribution is 2.24. The van der Waals surface area contributed by atoms with Crippen molar-refractivity contribution >= 4 is 5.97 Å². The lowest BCUT2D eigenvalue weighted by Gasteiger charge is -2.47. The fourth-order valence-corrected chi connectivity index (χ4v) is 1.84. The quantitative estimate of drug-likeness (QED) is 0.509. The highest BCUT2D eigenvalue weighted by atomic mass is 16.5. The van der Waals surface area contributed by atoms with Gasteiger partial charge in [-0.3, -0.25) is 4.90 Å². The van der Waals surface area contributed by atoms with Crippen LogP contribution in [0.3, 0.4) is 0 Å². The molecule has 1 rings (SSSR count). The Hall–Kier alpha value is -0.870. The Morgan fingerprint density at radius 1 is 1.67 bits per heavy atom. The van der Waals surface area contributed by atoms with Gasteiger partial charge in [0.25, 0.3) is 0 Å². The number of carboxylic acids is 1. The zero-order chi connectivity index (χ0) is 11.3. The van der Waals surface area contributed by atoms with E-state index >= 15 is 0 Å². The van der Waals surface area contributed by atoms with E-state index in [1.807, 2.05) is 13.0 Å². The van der Waals surface area contributed by atoms with E-state index in [0.29, 0.717) is 0 Å². The standard InChI is InChI=1S/C11H19NO3/c1-3-4-5-6-12-8-11(2,9-12)15-7-10(13)14/h3H,1,4-9H2,2H3,(H,13,14). The van der Waals surface area contributed by atoms with E-state index in [1.54, 1.807) is 0 Å². The molecule has 1 fully saturated rings. The molecule has 0 radical (unpaired) electrons.